The maximum absolute atomic E-state index is 13.9. The van der Waals surface area contributed by atoms with Crippen molar-refractivity contribution in [2.45, 2.75) is 96.3 Å². The first-order valence-electron chi connectivity index (χ1n) is 15.3. The van der Waals surface area contributed by atoms with Crippen LogP contribution in [0.5, 0.6) is 0 Å². The van der Waals surface area contributed by atoms with Crippen molar-refractivity contribution in [2.24, 2.45) is 23.2 Å². The van der Waals surface area contributed by atoms with Crippen molar-refractivity contribution in [1.29, 1.82) is 0 Å². The minimum Gasteiger partial charge on any atom is -0.457 e. The number of ether oxygens (including phenoxy) is 3. The molecule has 0 aliphatic heterocycles. The van der Waals surface area contributed by atoms with Gasteiger partial charge in [0.1, 0.15) is 24.6 Å². The van der Waals surface area contributed by atoms with Crippen LogP contribution in [0.2, 0.25) is 0 Å². The van der Waals surface area contributed by atoms with Crippen molar-refractivity contribution in [1.82, 2.24) is 4.98 Å². The van der Waals surface area contributed by atoms with E-state index in [2.05, 4.69) is 18.1 Å². The molecule has 0 unspecified atom stereocenters. The third-order valence-corrected chi connectivity index (χ3v) is 9.15. The van der Waals surface area contributed by atoms with Crippen LogP contribution in [-0.4, -0.2) is 51.7 Å². The Kier molecular flexibility index (Phi) is 17.4. The Morgan fingerprint density at radius 2 is 1.67 bits per heavy atom. The van der Waals surface area contributed by atoms with Crippen LogP contribution in [0.4, 0.5) is 18.0 Å². The van der Waals surface area contributed by atoms with Gasteiger partial charge in [-0.2, -0.15) is 13.2 Å². The molecule has 0 fully saturated rings. The molecule has 5 atom stereocenters. The van der Waals surface area contributed by atoms with Crippen molar-refractivity contribution in [3.05, 3.63) is 58.6 Å². The molecule has 48 heavy (non-hydrogen) atoms. The first-order chi connectivity index (χ1) is 22.0. The number of hydrogen-bond donors (Lipinski definition) is 0. The Hall–Kier alpha value is -2.34. The number of ketones is 1. The molecule has 7 nitrogen and oxygen atoms in total. The van der Waals surface area contributed by atoms with Crippen LogP contribution in [0.15, 0.2) is 47.9 Å². The number of hydrogen-bond acceptors (Lipinski definition) is 8. The molecule has 1 rings (SSSR count). The van der Waals surface area contributed by atoms with E-state index in [0.29, 0.717) is 17.7 Å². The Balaban J connectivity index is 3.22. The van der Waals surface area contributed by atoms with E-state index < -0.39 is 70.2 Å². The van der Waals surface area contributed by atoms with Gasteiger partial charge in [-0.3, -0.25) is 9.59 Å². The number of aromatic nitrogens is 1. The third-order valence-electron chi connectivity index (χ3n) is 8.03. The summed E-state index contributed by atoms with van der Waals surface area (Å²) in [5, 5.41) is 2.59. The van der Waals surface area contributed by atoms with E-state index in [4.69, 9.17) is 49.0 Å². The number of allylic oxidation sites excluding steroid dienone is 3. The monoisotopic (exact) mass is 757 g/mol. The van der Waals surface area contributed by atoms with E-state index in [0.717, 1.165) is 17.2 Å². The van der Waals surface area contributed by atoms with Crippen LogP contribution in [0.3, 0.4) is 0 Å². The molecule has 0 aliphatic carbocycles. The van der Waals surface area contributed by atoms with Gasteiger partial charge in [-0.15, -0.1) is 24.5 Å². The van der Waals surface area contributed by atoms with E-state index >= 15 is 0 Å². The lowest BCUT2D eigenvalue weighted by Gasteiger charge is -2.36. The molecule has 0 radical (unpaired) electrons. The van der Waals surface area contributed by atoms with Gasteiger partial charge in [0.2, 0.25) is 3.79 Å². The number of carbonyl (C=O) groups is 3. The summed E-state index contributed by atoms with van der Waals surface area (Å²) in [7, 11) is 0. The number of rotatable bonds is 18. The molecule has 0 N–H and O–H groups in total. The molecule has 14 heteroatoms. The molecule has 0 aliphatic rings. The third kappa shape index (κ3) is 14.6. The van der Waals surface area contributed by atoms with E-state index in [1.54, 1.807) is 59.1 Å². The van der Waals surface area contributed by atoms with Crippen molar-refractivity contribution >= 4 is 70.1 Å². The molecule has 1 aromatic rings. The Bertz CT molecular complexity index is 1340. The summed E-state index contributed by atoms with van der Waals surface area (Å²) in [6, 6.07) is 0. The van der Waals surface area contributed by atoms with Crippen LogP contribution in [0.25, 0.3) is 6.08 Å². The van der Waals surface area contributed by atoms with E-state index in [9.17, 15) is 27.6 Å². The Morgan fingerprint density at radius 3 is 2.17 bits per heavy atom. The molecule has 270 valence electrons. The molecule has 1 aromatic heterocycles. The van der Waals surface area contributed by atoms with Crippen LogP contribution >= 0.6 is 46.1 Å². The molecule has 1 heterocycles. The maximum atomic E-state index is 13.9. The number of nitrogens with zero attached hydrogens (tertiary/aromatic N) is 1. The average Bonchev–Trinajstić information content (AvgIpc) is 3.38. The second kappa shape index (κ2) is 19.2. The summed E-state index contributed by atoms with van der Waals surface area (Å²) >= 11 is 18.4. The smallest absolute Gasteiger partial charge is 0.457 e. The maximum Gasteiger partial charge on any atom is 0.508 e. The first-order valence-corrected chi connectivity index (χ1v) is 17.3. The Labute approximate surface area is 300 Å². The highest BCUT2D eigenvalue weighted by Gasteiger charge is 2.43. The largest absolute Gasteiger partial charge is 0.508 e. The summed E-state index contributed by atoms with van der Waals surface area (Å²) < 4.78 is 55.1. The van der Waals surface area contributed by atoms with Gasteiger partial charge in [0.15, 0.2) is 0 Å². The zero-order valence-corrected chi connectivity index (χ0v) is 31.4. The quantitative estimate of drug-likeness (QED) is 0.0836. The van der Waals surface area contributed by atoms with Gasteiger partial charge in [0.25, 0.3) is 0 Å². The molecule has 0 spiro atoms. The second-order valence-corrected chi connectivity index (χ2v) is 15.9. The summed E-state index contributed by atoms with van der Waals surface area (Å²) in [4.78, 5) is 44.0. The molecule has 0 aromatic carbocycles. The van der Waals surface area contributed by atoms with Gasteiger partial charge in [0, 0.05) is 29.2 Å². The van der Waals surface area contributed by atoms with E-state index in [1.807, 2.05) is 6.92 Å². The average molecular weight is 759 g/mol. The minimum absolute atomic E-state index is 0.216. The fourth-order valence-electron chi connectivity index (χ4n) is 4.90. The molecule has 0 amide bonds. The first kappa shape index (κ1) is 43.7. The number of esters is 1. The highest BCUT2D eigenvalue weighted by Crippen LogP contribution is 2.37. The number of thiazole rings is 1. The SMILES string of the molecule is C=CC/C(=C\C[C@H](OC(=O)C[C@H](C)C(C)(C)C(=O)[C@H](C)[C@@H](OC(=O)OCC(Cl)(Cl)Cl)[C@@H](C)CC=C)/C(C)=C/c1csc(C)n1)C(F)(F)F. The van der Waals surface area contributed by atoms with Crippen LogP contribution in [-0.2, 0) is 23.8 Å². The van der Waals surface area contributed by atoms with Crippen molar-refractivity contribution in [2.75, 3.05) is 6.61 Å². The summed E-state index contributed by atoms with van der Waals surface area (Å²) in [5.74, 6) is -2.77. The van der Waals surface area contributed by atoms with Crippen LogP contribution < -0.4 is 0 Å². The highest BCUT2D eigenvalue weighted by atomic mass is 35.6. The topological polar surface area (TPSA) is 91.8 Å². The fourth-order valence-corrected chi connectivity index (χ4v) is 5.64. The van der Waals surface area contributed by atoms with Gasteiger partial charge < -0.3 is 14.2 Å². The zero-order chi connectivity index (χ0) is 37.0. The highest BCUT2D eigenvalue weighted by molar-refractivity contribution is 7.09. The summed E-state index contributed by atoms with van der Waals surface area (Å²) in [5.41, 5.74) is -0.834. The molecular formula is C34H45Cl3F3NO6S. The van der Waals surface area contributed by atoms with Crippen molar-refractivity contribution in [3.63, 3.8) is 0 Å². The lowest BCUT2D eigenvalue weighted by Crippen LogP contribution is -2.44. The van der Waals surface area contributed by atoms with Gasteiger partial charge in [-0.25, -0.2) is 9.78 Å². The number of aryl methyl sites for hydroxylation is 1. The zero-order valence-electron chi connectivity index (χ0n) is 28.3. The lowest BCUT2D eigenvalue weighted by atomic mass is 9.69. The van der Waals surface area contributed by atoms with Crippen molar-refractivity contribution in [3.8, 4) is 0 Å². The normalized spacial score (nSPS) is 16.3. The second-order valence-electron chi connectivity index (χ2n) is 12.3. The van der Waals surface area contributed by atoms with Gasteiger partial charge in [0.05, 0.1) is 16.6 Å². The van der Waals surface area contributed by atoms with Crippen LogP contribution in [0.1, 0.15) is 77.9 Å². The number of halogens is 6. The number of carbonyl (C=O) groups excluding carboxylic acids is 3. The van der Waals surface area contributed by atoms with Gasteiger partial charge in [-0.05, 0) is 50.2 Å². The summed E-state index contributed by atoms with van der Waals surface area (Å²) in [6.07, 6.45) is -2.64. The van der Waals surface area contributed by atoms with E-state index in [1.165, 1.54) is 11.3 Å². The Morgan fingerprint density at radius 1 is 1.04 bits per heavy atom. The lowest BCUT2D eigenvalue weighted by molar-refractivity contribution is -0.150. The summed E-state index contributed by atoms with van der Waals surface area (Å²) in [6.45, 7) is 18.5. The standard InChI is InChI=1S/C34H45Cl3F3NO6S/c1-10-12-20(3)29(47-31(44)45-19-33(35,36)37)23(6)30(43)32(8,9)22(5)17-28(42)46-27(15-14-25(13-11-2)34(38,39)40)21(4)16-26-18-48-24(7)41-26/h10-11,14,16,18,20,22-23,27,29H,1-2,12-13,15,17,19H2,3-9H3/b21-16+,25-14+/t20-,22-,23+,27-,29-/m0/s1. The predicted molar refractivity (Wildman–Crippen MR) is 186 cm³/mol. The number of alkyl halides is 6. The van der Waals surface area contributed by atoms with Gasteiger partial charge in [-0.1, -0.05) is 87.6 Å². The van der Waals surface area contributed by atoms with E-state index in [-0.39, 0.29) is 24.5 Å². The molecule has 0 bridgehead atoms. The van der Waals surface area contributed by atoms with Gasteiger partial charge >= 0.3 is 18.3 Å². The van der Waals surface area contributed by atoms with Crippen LogP contribution in [0, 0.1) is 30.1 Å². The predicted octanol–water partition coefficient (Wildman–Crippen LogP) is 10.6. The minimum atomic E-state index is -4.58. The molecule has 0 saturated heterocycles. The molecule has 0 saturated carbocycles. The molecular weight excluding hydrogens is 714 g/mol. The fraction of sp³-hybridized carbons (Fsp3) is 0.588. The van der Waals surface area contributed by atoms with Crippen molar-refractivity contribution < 1.29 is 41.8 Å². The number of Topliss-reactive ketones (excluding diaryl/α,β-unsaturated/α-hetero) is 1.